The van der Waals surface area contributed by atoms with Gasteiger partial charge in [-0.25, -0.2) is 0 Å². The molecule has 1 heteroatoms. The molecule has 0 N–H and O–H groups in total. The Morgan fingerprint density at radius 1 is 0.864 bits per heavy atom. The Hall–Kier alpha value is -1.27. The van der Waals surface area contributed by atoms with E-state index in [1.807, 2.05) is 0 Å². The second-order valence-electron chi connectivity index (χ2n) is 7.65. The molecule has 4 fully saturated rings. The number of aryl methyl sites for hydroxylation is 2. The van der Waals surface area contributed by atoms with Crippen molar-refractivity contribution in [2.24, 2.45) is 23.7 Å². The lowest BCUT2D eigenvalue weighted by Gasteiger charge is -2.36. The van der Waals surface area contributed by atoms with Crippen LogP contribution in [0.5, 0.6) is 0 Å². The number of rotatable bonds is 2. The van der Waals surface area contributed by atoms with Gasteiger partial charge in [-0.3, -0.25) is 0 Å². The van der Waals surface area contributed by atoms with Gasteiger partial charge in [-0.1, -0.05) is 59.7 Å². The second kappa shape index (κ2) is 4.17. The summed E-state index contributed by atoms with van der Waals surface area (Å²) in [7, 11) is 0. The summed E-state index contributed by atoms with van der Waals surface area (Å²) in [6.45, 7) is 4.34. The Kier molecular flexibility index (Phi) is 2.50. The first-order valence-electron chi connectivity index (χ1n) is 8.42. The normalized spacial score (nSPS) is 36.6. The minimum atomic E-state index is 0.170. The maximum absolute atomic E-state index is 6.84. The van der Waals surface area contributed by atoms with Crippen molar-refractivity contribution in [1.29, 1.82) is 0 Å². The molecule has 0 amide bonds. The van der Waals surface area contributed by atoms with Gasteiger partial charge in [0.05, 0.1) is 0 Å². The molecule has 4 saturated carbocycles. The van der Waals surface area contributed by atoms with Crippen LogP contribution >= 0.6 is 11.6 Å². The molecule has 0 spiro atoms. The molecule has 0 nitrogen and oxygen atoms in total. The van der Waals surface area contributed by atoms with Gasteiger partial charge in [-0.05, 0) is 55.1 Å². The maximum atomic E-state index is 6.84. The van der Waals surface area contributed by atoms with Crippen molar-refractivity contribution in [3.05, 3.63) is 70.8 Å². The van der Waals surface area contributed by atoms with E-state index in [9.17, 15) is 0 Å². The van der Waals surface area contributed by atoms with E-state index in [0.29, 0.717) is 11.3 Å². The third-order valence-electron chi connectivity index (χ3n) is 6.68. The number of hydrogen-bond donors (Lipinski definition) is 0. The van der Waals surface area contributed by atoms with E-state index in [2.05, 4.69) is 62.4 Å². The summed E-state index contributed by atoms with van der Waals surface area (Å²) in [5, 5.41) is 0.373. The Labute approximate surface area is 137 Å². The minimum Gasteiger partial charge on any atom is -0.122 e. The first kappa shape index (κ1) is 13.2. The Balaban J connectivity index is 1.74. The topological polar surface area (TPSA) is 0 Å². The molecule has 112 valence electrons. The number of hydrogen-bond acceptors (Lipinski definition) is 0. The van der Waals surface area contributed by atoms with E-state index < -0.39 is 0 Å². The van der Waals surface area contributed by atoms with E-state index >= 15 is 0 Å². The predicted octanol–water partition coefficient (Wildman–Crippen LogP) is 5.09. The van der Waals surface area contributed by atoms with Crippen molar-refractivity contribution < 1.29 is 0 Å². The van der Waals surface area contributed by atoms with E-state index in [1.54, 1.807) is 0 Å². The number of alkyl halides is 1. The molecule has 4 aliphatic rings. The SMILES string of the molecule is Cc1ccc(C2(c3ccc(C)cc3)[C@@H]3[C@@H]4C[C@H]2[C@@H](Cl)[C@H]43)cc1. The molecule has 4 bridgehead atoms. The van der Waals surface area contributed by atoms with Gasteiger partial charge < -0.3 is 0 Å². The van der Waals surface area contributed by atoms with Crippen LogP contribution in [0.15, 0.2) is 48.5 Å². The van der Waals surface area contributed by atoms with Crippen LogP contribution in [-0.2, 0) is 5.41 Å². The van der Waals surface area contributed by atoms with E-state index in [0.717, 1.165) is 17.8 Å². The monoisotopic (exact) mass is 308 g/mol. The van der Waals surface area contributed by atoms with Gasteiger partial charge in [0.2, 0.25) is 0 Å². The summed E-state index contributed by atoms with van der Waals surface area (Å²) in [6, 6.07) is 18.5. The van der Waals surface area contributed by atoms with Crippen molar-refractivity contribution in [2.75, 3.05) is 0 Å². The molecule has 2 aromatic carbocycles. The quantitative estimate of drug-likeness (QED) is 0.678. The first-order valence-corrected chi connectivity index (χ1v) is 8.86. The summed E-state index contributed by atoms with van der Waals surface area (Å²) in [5.41, 5.74) is 5.82. The maximum Gasteiger partial charge on any atom is 0.0410 e. The van der Waals surface area contributed by atoms with E-state index in [4.69, 9.17) is 11.6 Å². The standard InChI is InChI=1S/C21H21Cl/c1-12-3-7-14(8-4-12)21(15-9-5-13(2)6-10-15)17-11-16-18(19(16)21)20(17)22/h3-10,16-20H,11H2,1-2H3/t16-,17+,18-,19-,20-/m1/s1. The molecule has 0 unspecified atom stereocenters. The molecule has 0 saturated heterocycles. The van der Waals surface area contributed by atoms with Crippen LogP contribution in [0.4, 0.5) is 0 Å². The van der Waals surface area contributed by atoms with Crippen molar-refractivity contribution in [3.8, 4) is 0 Å². The van der Waals surface area contributed by atoms with Crippen molar-refractivity contribution in [2.45, 2.75) is 31.1 Å². The molecule has 0 radical (unpaired) electrons. The fourth-order valence-corrected chi connectivity index (χ4v) is 6.44. The molecule has 0 aromatic heterocycles. The minimum absolute atomic E-state index is 0.170. The smallest absolute Gasteiger partial charge is 0.0410 e. The van der Waals surface area contributed by atoms with Gasteiger partial charge in [0, 0.05) is 10.8 Å². The van der Waals surface area contributed by atoms with Crippen LogP contribution in [0.2, 0.25) is 0 Å². The molecule has 4 aliphatic carbocycles. The number of benzene rings is 2. The van der Waals surface area contributed by atoms with Crippen molar-refractivity contribution in [3.63, 3.8) is 0 Å². The fourth-order valence-electron chi connectivity index (χ4n) is 5.79. The second-order valence-corrected chi connectivity index (χ2v) is 8.16. The number of halogens is 1. The fraction of sp³-hybridized carbons (Fsp3) is 0.429. The Bertz CT molecular complexity index is 682. The van der Waals surface area contributed by atoms with E-state index in [1.165, 1.54) is 28.7 Å². The molecule has 22 heavy (non-hydrogen) atoms. The highest BCUT2D eigenvalue weighted by molar-refractivity contribution is 6.22. The van der Waals surface area contributed by atoms with Crippen LogP contribution in [0.3, 0.4) is 0 Å². The van der Waals surface area contributed by atoms with Crippen LogP contribution < -0.4 is 0 Å². The summed E-state index contributed by atoms with van der Waals surface area (Å²) in [6.07, 6.45) is 1.32. The molecule has 5 atom stereocenters. The Morgan fingerprint density at radius 3 is 1.68 bits per heavy atom. The first-order chi connectivity index (χ1) is 10.6. The average Bonchev–Trinajstić information content (AvgIpc) is 2.86. The third kappa shape index (κ3) is 1.41. The van der Waals surface area contributed by atoms with Crippen molar-refractivity contribution in [1.82, 2.24) is 0 Å². The summed E-state index contributed by atoms with van der Waals surface area (Å²) in [5.74, 6) is 3.01. The summed E-state index contributed by atoms with van der Waals surface area (Å²) < 4.78 is 0. The summed E-state index contributed by atoms with van der Waals surface area (Å²) in [4.78, 5) is 0. The molecule has 6 rings (SSSR count). The van der Waals surface area contributed by atoms with Gasteiger partial charge in [-0.2, -0.15) is 0 Å². The molecule has 0 heterocycles. The average molecular weight is 309 g/mol. The lowest BCUT2D eigenvalue weighted by Crippen LogP contribution is -2.34. The summed E-state index contributed by atoms with van der Waals surface area (Å²) >= 11 is 6.84. The zero-order valence-electron chi connectivity index (χ0n) is 13.1. The van der Waals surface area contributed by atoms with Gasteiger partial charge in [0.25, 0.3) is 0 Å². The van der Waals surface area contributed by atoms with Gasteiger partial charge in [-0.15, -0.1) is 11.6 Å². The van der Waals surface area contributed by atoms with Crippen LogP contribution in [-0.4, -0.2) is 5.38 Å². The van der Waals surface area contributed by atoms with Gasteiger partial charge in [0.15, 0.2) is 0 Å². The lowest BCUT2D eigenvalue weighted by atomic mass is 9.67. The molecule has 2 aromatic rings. The molecule has 0 aliphatic heterocycles. The highest BCUT2D eigenvalue weighted by Crippen LogP contribution is 2.81. The van der Waals surface area contributed by atoms with Gasteiger partial charge >= 0.3 is 0 Å². The lowest BCUT2D eigenvalue weighted by molar-refractivity contribution is 0.400. The van der Waals surface area contributed by atoms with Crippen molar-refractivity contribution >= 4 is 11.6 Å². The molecular formula is C21H21Cl. The molecular weight excluding hydrogens is 288 g/mol. The highest BCUT2D eigenvalue weighted by Gasteiger charge is 2.80. The van der Waals surface area contributed by atoms with Crippen LogP contribution in [0.25, 0.3) is 0 Å². The van der Waals surface area contributed by atoms with E-state index in [-0.39, 0.29) is 5.41 Å². The third-order valence-corrected chi connectivity index (χ3v) is 7.27. The zero-order chi connectivity index (χ0) is 15.1. The van der Waals surface area contributed by atoms with Crippen LogP contribution in [0, 0.1) is 37.5 Å². The largest absolute Gasteiger partial charge is 0.122 e. The zero-order valence-corrected chi connectivity index (χ0v) is 13.8. The highest BCUT2D eigenvalue weighted by atomic mass is 35.5. The van der Waals surface area contributed by atoms with Gasteiger partial charge in [0.1, 0.15) is 0 Å². The Morgan fingerprint density at radius 2 is 1.36 bits per heavy atom. The van der Waals surface area contributed by atoms with Crippen LogP contribution in [0.1, 0.15) is 28.7 Å². The predicted molar refractivity (Wildman–Crippen MR) is 91.4 cm³/mol.